The molecule has 1 aromatic carbocycles. The van der Waals surface area contributed by atoms with Crippen molar-refractivity contribution in [3.8, 4) is 6.07 Å². The molecule has 116 valence electrons. The molecule has 0 bridgehead atoms. The lowest BCUT2D eigenvalue weighted by atomic mass is 10.2. The van der Waals surface area contributed by atoms with Gasteiger partial charge in [-0.3, -0.25) is 4.98 Å². The van der Waals surface area contributed by atoms with Crippen molar-refractivity contribution >= 4 is 44.9 Å². The van der Waals surface area contributed by atoms with Crippen LogP contribution >= 0.6 is 39.3 Å². The van der Waals surface area contributed by atoms with E-state index in [0.29, 0.717) is 15.9 Å². The second-order valence-corrected chi connectivity index (χ2v) is 6.96. The number of hydrogen-bond donors (Lipinski definition) is 1. The van der Waals surface area contributed by atoms with Gasteiger partial charge in [-0.2, -0.15) is 14.9 Å². The first-order valence-electron chi connectivity index (χ1n) is 6.45. The van der Waals surface area contributed by atoms with Gasteiger partial charge < -0.3 is 0 Å². The number of halogens is 2. The number of benzene rings is 1. The summed E-state index contributed by atoms with van der Waals surface area (Å²) in [4.78, 5) is 18.9. The number of nitrogens with zero attached hydrogens (tertiary/aromatic N) is 4. The molecule has 3 rings (SSSR count). The van der Waals surface area contributed by atoms with Crippen LogP contribution in [0.15, 0.2) is 32.8 Å². The van der Waals surface area contributed by atoms with Crippen LogP contribution in [-0.2, 0) is 5.75 Å². The summed E-state index contributed by atoms with van der Waals surface area (Å²) in [5.74, 6) is 0.565. The van der Waals surface area contributed by atoms with Crippen molar-refractivity contribution in [2.45, 2.75) is 17.8 Å². The zero-order valence-electron chi connectivity index (χ0n) is 11.8. The molecule has 1 N–H and O–H groups in total. The number of aryl methyl sites for hydroxylation is 1. The zero-order valence-corrected chi connectivity index (χ0v) is 15.0. The molecule has 0 spiro atoms. The van der Waals surface area contributed by atoms with Crippen LogP contribution < -0.4 is 5.69 Å². The van der Waals surface area contributed by atoms with Crippen LogP contribution in [-0.4, -0.2) is 19.6 Å². The van der Waals surface area contributed by atoms with Crippen LogP contribution in [0.25, 0.3) is 5.65 Å². The average molecular weight is 411 g/mol. The number of aromatic amines is 1. The molecule has 9 heteroatoms. The summed E-state index contributed by atoms with van der Waals surface area (Å²) in [5.41, 5.74) is 2.05. The summed E-state index contributed by atoms with van der Waals surface area (Å²) in [5, 5.41) is 14.0. The van der Waals surface area contributed by atoms with Gasteiger partial charge in [-0.25, -0.2) is 9.78 Å². The van der Waals surface area contributed by atoms with E-state index in [9.17, 15) is 4.79 Å². The normalized spacial score (nSPS) is 10.9. The molecule has 0 aliphatic carbocycles. The van der Waals surface area contributed by atoms with E-state index in [1.807, 2.05) is 25.1 Å². The molecule has 2 heterocycles. The lowest BCUT2D eigenvalue weighted by molar-refractivity contribution is 0.786. The first-order chi connectivity index (χ1) is 11.0. The molecule has 0 radical (unpaired) electrons. The Bertz CT molecular complexity index is 1010. The van der Waals surface area contributed by atoms with Crippen LogP contribution in [0.1, 0.15) is 16.7 Å². The number of H-pyrrole nitrogens is 1. The highest BCUT2D eigenvalue weighted by Crippen LogP contribution is 2.29. The van der Waals surface area contributed by atoms with Crippen molar-refractivity contribution < 1.29 is 0 Å². The molecule has 0 aliphatic heterocycles. The Morgan fingerprint density at radius 1 is 1.52 bits per heavy atom. The molecule has 0 amide bonds. The third-order valence-corrected chi connectivity index (χ3v) is 5.24. The molecule has 2 aromatic heterocycles. The van der Waals surface area contributed by atoms with E-state index >= 15 is 0 Å². The summed E-state index contributed by atoms with van der Waals surface area (Å²) in [6, 6.07) is 5.79. The van der Waals surface area contributed by atoms with E-state index in [-0.39, 0.29) is 11.2 Å². The largest absolute Gasteiger partial charge is 0.350 e. The molecule has 0 saturated heterocycles. The van der Waals surface area contributed by atoms with Crippen molar-refractivity contribution in [1.29, 1.82) is 5.26 Å². The van der Waals surface area contributed by atoms with E-state index in [1.54, 1.807) is 0 Å². The lowest BCUT2D eigenvalue weighted by Crippen LogP contribution is -2.19. The molecular weight excluding hydrogens is 402 g/mol. The van der Waals surface area contributed by atoms with E-state index in [0.717, 1.165) is 20.1 Å². The molecular formula is C14H9BrClN5OS. The van der Waals surface area contributed by atoms with Gasteiger partial charge in [-0.05, 0) is 30.2 Å². The number of fused-ring (bicyclic) bond motifs is 1. The fourth-order valence-corrected chi connectivity index (χ4v) is 3.77. The van der Waals surface area contributed by atoms with Crippen molar-refractivity contribution in [2.75, 3.05) is 0 Å². The second-order valence-electron chi connectivity index (χ2n) is 4.73. The van der Waals surface area contributed by atoms with Gasteiger partial charge in [0.15, 0.2) is 10.8 Å². The fourth-order valence-electron chi connectivity index (χ4n) is 1.96. The molecule has 0 saturated carbocycles. The Morgan fingerprint density at radius 2 is 2.30 bits per heavy atom. The predicted molar refractivity (Wildman–Crippen MR) is 91.8 cm³/mol. The van der Waals surface area contributed by atoms with Crippen LogP contribution in [0, 0.1) is 18.3 Å². The highest BCUT2D eigenvalue weighted by molar-refractivity contribution is 9.10. The third-order valence-electron chi connectivity index (χ3n) is 3.17. The Hall–Kier alpha value is -1.82. The maximum atomic E-state index is 12.0. The van der Waals surface area contributed by atoms with Gasteiger partial charge in [0.05, 0.1) is 6.20 Å². The van der Waals surface area contributed by atoms with Gasteiger partial charge in [-0.1, -0.05) is 39.3 Å². The van der Waals surface area contributed by atoms with Crippen molar-refractivity contribution in [1.82, 2.24) is 19.6 Å². The van der Waals surface area contributed by atoms with Crippen molar-refractivity contribution in [2.24, 2.45) is 0 Å². The quantitative estimate of drug-likeness (QED) is 0.669. The third kappa shape index (κ3) is 3.13. The molecule has 6 nitrogen and oxygen atoms in total. The smallest absolute Gasteiger partial charge is 0.285 e. The lowest BCUT2D eigenvalue weighted by Gasteiger charge is -2.07. The molecule has 0 fully saturated rings. The van der Waals surface area contributed by atoms with E-state index in [1.165, 1.54) is 18.0 Å². The topological polar surface area (TPSA) is 86.8 Å². The van der Waals surface area contributed by atoms with Crippen LogP contribution in [0.3, 0.4) is 0 Å². The van der Waals surface area contributed by atoms with Crippen LogP contribution in [0.2, 0.25) is 5.02 Å². The number of nitrogens with one attached hydrogen (secondary N) is 1. The standard InChI is InChI=1S/C14H9BrClN5OS/c1-7-2-10(15)8(3-11(7)16)6-23-13-19-12-9(4-17)5-18-21(12)14(22)20-13/h2-3,5H,6H2,1H3,(H,19,20,22). The van der Waals surface area contributed by atoms with Crippen molar-refractivity contribution in [3.05, 3.63) is 55.0 Å². The minimum atomic E-state index is -0.431. The highest BCUT2D eigenvalue weighted by atomic mass is 79.9. The summed E-state index contributed by atoms with van der Waals surface area (Å²) < 4.78 is 2.01. The van der Waals surface area contributed by atoms with Gasteiger partial charge in [-0.15, -0.1) is 0 Å². The summed E-state index contributed by atoms with van der Waals surface area (Å²) in [7, 11) is 0. The molecule has 3 aromatic rings. The molecule has 0 unspecified atom stereocenters. The first-order valence-corrected chi connectivity index (χ1v) is 8.60. The minimum Gasteiger partial charge on any atom is -0.285 e. The Balaban J connectivity index is 1.92. The number of hydrogen-bond acceptors (Lipinski definition) is 5. The fraction of sp³-hybridized carbons (Fsp3) is 0.143. The number of aromatic nitrogens is 4. The summed E-state index contributed by atoms with van der Waals surface area (Å²) in [6.07, 6.45) is 1.32. The molecule has 0 aliphatic rings. The van der Waals surface area contributed by atoms with Gasteiger partial charge in [0.2, 0.25) is 0 Å². The average Bonchev–Trinajstić information content (AvgIpc) is 2.93. The second kappa shape index (κ2) is 6.35. The Labute approximate surface area is 148 Å². The van der Waals surface area contributed by atoms with Crippen molar-refractivity contribution in [3.63, 3.8) is 0 Å². The first kappa shape index (κ1) is 16.1. The van der Waals surface area contributed by atoms with Gasteiger partial charge >= 0.3 is 5.69 Å². The van der Waals surface area contributed by atoms with Crippen LogP contribution in [0.5, 0.6) is 0 Å². The summed E-state index contributed by atoms with van der Waals surface area (Å²) >= 11 is 11.0. The van der Waals surface area contributed by atoms with Gasteiger partial charge in [0.25, 0.3) is 0 Å². The van der Waals surface area contributed by atoms with Gasteiger partial charge in [0, 0.05) is 15.2 Å². The van der Waals surface area contributed by atoms with E-state index < -0.39 is 5.69 Å². The van der Waals surface area contributed by atoms with E-state index in [2.05, 4.69) is 31.0 Å². The predicted octanol–water partition coefficient (Wildman–Crippen LogP) is 3.31. The Kier molecular flexibility index (Phi) is 4.43. The molecule has 23 heavy (non-hydrogen) atoms. The number of thioether (sulfide) groups is 1. The maximum absolute atomic E-state index is 12.0. The maximum Gasteiger partial charge on any atom is 0.350 e. The monoisotopic (exact) mass is 409 g/mol. The minimum absolute atomic E-state index is 0.250. The van der Waals surface area contributed by atoms with E-state index in [4.69, 9.17) is 16.9 Å². The highest BCUT2D eigenvalue weighted by Gasteiger charge is 2.11. The summed E-state index contributed by atoms with van der Waals surface area (Å²) in [6.45, 7) is 1.93. The Morgan fingerprint density at radius 3 is 3.04 bits per heavy atom. The van der Waals surface area contributed by atoms with Gasteiger partial charge in [0.1, 0.15) is 11.6 Å². The SMILES string of the molecule is Cc1cc(Br)c(CSc2nc3c(C#N)cnn3c(=O)[nH]2)cc1Cl. The van der Waals surface area contributed by atoms with Crippen LogP contribution in [0.4, 0.5) is 0 Å². The number of rotatable bonds is 3. The zero-order chi connectivity index (χ0) is 16.6. The number of nitriles is 1. The molecule has 0 atom stereocenters.